The number of carbonyl (C=O) groups is 2. The summed E-state index contributed by atoms with van der Waals surface area (Å²) in [5, 5.41) is 0. The van der Waals surface area contributed by atoms with E-state index < -0.39 is 5.60 Å². The zero-order chi connectivity index (χ0) is 27.5. The maximum Gasteiger partial charge on any atom is 0.410 e. The van der Waals surface area contributed by atoms with Crippen molar-refractivity contribution < 1.29 is 23.8 Å². The van der Waals surface area contributed by atoms with Crippen LogP contribution in [0.1, 0.15) is 69.7 Å². The summed E-state index contributed by atoms with van der Waals surface area (Å²) >= 11 is 0. The Balaban J connectivity index is 1.34. The molecule has 0 spiro atoms. The molecule has 8 nitrogen and oxygen atoms in total. The summed E-state index contributed by atoms with van der Waals surface area (Å²) in [4.78, 5) is 33.4. The highest BCUT2D eigenvalue weighted by Crippen LogP contribution is 2.34. The van der Waals surface area contributed by atoms with Crippen molar-refractivity contribution in [2.75, 3.05) is 13.2 Å². The van der Waals surface area contributed by atoms with E-state index in [-0.39, 0.29) is 29.2 Å². The maximum absolute atomic E-state index is 12.3. The molecular weight excluding hydrogens is 482 g/mol. The predicted molar refractivity (Wildman–Crippen MR) is 144 cm³/mol. The number of likely N-dealkylation sites (tertiary alicyclic amines) is 1. The van der Waals surface area contributed by atoms with E-state index in [9.17, 15) is 9.59 Å². The van der Waals surface area contributed by atoms with E-state index >= 15 is 0 Å². The molecule has 200 valence electrons. The predicted octanol–water partition coefficient (Wildman–Crippen LogP) is 6.19. The third kappa shape index (κ3) is 6.49. The van der Waals surface area contributed by atoms with Crippen LogP contribution in [0.25, 0.3) is 0 Å². The number of aromatic nitrogens is 2. The Morgan fingerprint density at radius 2 is 1.42 bits per heavy atom. The number of ketones is 1. The summed E-state index contributed by atoms with van der Waals surface area (Å²) in [6.45, 7) is 12.5. The molecule has 1 fully saturated rings. The zero-order valence-corrected chi connectivity index (χ0v) is 22.9. The van der Waals surface area contributed by atoms with Crippen LogP contribution in [0.2, 0.25) is 0 Å². The molecule has 0 radical (unpaired) electrons. The topological polar surface area (TPSA) is 90.9 Å². The van der Waals surface area contributed by atoms with Crippen LogP contribution >= 0.6 is 0 Å². The fourth-order valence-corrected chi connectivity index (χ4v) is 4.13. The Morgan fingerprint density at radius 3 is 1.89 bits per heavy atom. The minimum atomic E-state index is -0.508. The average molecular weight is 518 g/mol. The zero-order valence-electron chi connectivity index (χ0n) is 22.9. The molecule has 2 aromatic carbocycles. The normalized spacial score (nSPS) is 15.4. The van der Waals surface area contributed by atoms with Crippen molar-refractivity contribution in [3.63, 3.8) is 0 Å². The summed E-state index contributed by atoms with van der Waals surface area (Å²) in [7, 11) is 0. The van der Waals surface area contributed by atoms with Crippen LogP contribution in [0, 0.1) is 0 Å². The van der Waals surface area contributed by atoms with Gasteiger partial charge in [-0.25, -0.2) is 14.8 Å². The number of amides is 1. The van der Waals surface area contributed by atoms with Crippen molar-refractivity contribution >= 4 is 11.9 Å². The standard InChI is InChI=1S/C30H35N3O5/c1-20(34)27-31-17-26(18-32-27)37-25-13-9-22(10-14-25)30(5,6)21-7-11-24(12-8-21)36-19-23-15-16-33(23)28(35)38-29(2,3)4/h7-14,17-18,23H,15-16,19H2,1-6H3/t23-/m0/s1. The quantitative estimate of drug-likeness (QED) is 0.329. The van der Waals surface area contributed by atoms with Gasteiger partial charge >= 0.3 is 6.09 Å². The highest BCUT2D eigenvalue weighted by molar-refractivity contribution is 5.90. The second kappa shape index (κ2) is 10.8. The van der Waals surface area contributed by atoms with Crippen molar-refractivity contribution in [1.82, 2.24) is 14.9 Å². The van der Waals surface area contributed by atoms with Crippen molar-refractivity contribution in [3.8, 4) is 17.2 Å². The van der Waals surface area contributed by atoms with Gasteiger partial charge < -0.3 is 19.1 Å². The summed E-state index contributed by atoms with van der Waals surface area (Å²) in [6.07, 6.45) is 3.60. The first kappa shape index (κ1) is 27.1. The van der Waals surface area contributed by atoms with Gasteiger partial charge in [0.1, 0.15) is 23.7 Å². The van der Waals surface area contributed by atoms with Gasteiger partial charge in [0.2, 0.25) is 0 Å². The fraction of sp³-hybridized carbons (Fsp3) is 0.400. The highest BCUT2D eigenvalue weighted by Gasteiger charge is 2.35. The van der Waals surface area contributed by atoms with Crippen LogP contribution in [-0.2, 0) is 10.2 Å². The molecular formula is C30H35N3O5. The molecule has 1 atom stereocenters. The largest absolute Gasteiger partial charge is 0.491 e. The molecule has 1 aliphatic rings. The number of ether oxygens (including phenoxy) is 3. The van der Waals surface area contributed by atoms with E-state index in [1.807, 2.05) is 57.2 Å². The van der Waals surface area contributed by atoms with Crippen molar-refractivity contribution in [1.29, 1.82) is 0 Å². The Bertz CT molecular complexity index is 1260. The number of hydrogen-bond donors (Lipinski definition) is 0. The second-order valence-electron chi connectivity index (χ2n) is 11.0. The summed E-state index contributed by atoms with van der Waals surface area (Å²) in [5.41, 5.74) is 1.52. The molecule has 4 rings (SSSR count). The average Bonchev–Trinajstić information content (AvgIpc) is 2.83. The Morgan fingerprint density at radius 1 is 0.868 bits per heavy atom. The summed E-state index contributed by atoms with van der Waals surface area (Å²) < 4.78 is 17.3. The lowest BCUT2D eigenvalue weighted by Crippen LogP contribution is -2.55. The monoisotopic (exact) mass is 517 g/mol. The van der Waals surface area contributed by atoms with Gasteiger partial charge in [-0.3, -0.25) is 4.79 Å². The maximum atomic E-state index is 12.3. The van der Waals surface area contributed by atoms with Gasteiger partial charge in [0.25, 0.3) is 0 Å². The lowest BCUT2D eigenvalue weighted by Gasteiger charge is -2.41. The van der Waals surface area contributed by atoms with Crippen LogP contribution in [-0.4, -0.2) is 51.5 Å². The van der Waals surface area contributed by atoms with Crippen LogP contribution in [0.4, 0.5) is 4.79 Å². The molecule has 8 heteroatoms. The van der Waals surface area contributed by atoms with Gasteiger partial charge in [-0.1, -0.05) is 38.1 Å². The molecule has 0 aliphatic carbocycles. The molecule has 3 aromatic rings. The van der Waals surface area contributed by atoms with Crippen molar-refractivity contribution in [3.05, 3.63) is 77.9 Å². The minimum Gasteiger partial charge on any atom is -0.491 e. The highest BCUT2D eigenvalue weighted by atomic mass is 16.6. The number of carbonyl (C=O) groups excluding carboxylic acids is 2. The molecule has 38 heavy (non-hydrogen) atoms. The Kier molecular flexibility index (Phi) is 7.71. The number of hydrogen-bond acceptors (Lipinski definition) is 7. The van der Waals surface area contributed by atoms with E-state index in [1.54, 1.807) is 4.90 Å². The first-order valence-corrected chi connectivity index (χ1v) is 12.8. The molecule has 1 aromatic heterocycles. The minimum absolute atomic E-state index is 0.0281. The molecule has 0 N–H and O–H groups in total. The van der Waals surface area contributed by atoms with Gasteiger partial charge in [-0.15, -0.1) is 0 Å². The van der Waals surface area contributed by atoms with Crippen LogP contribution in [0.3, 0.4) is 0 Å². The summed E-state index contributed by atoms with van der Waals surface area (Å²) in [6, 6.07) is 16.0. The lowest BCUT2D eigenvalue weighted by molar-refractivity contribution is -0.0141. The SMILES string of the molecule is CC(=O)c1ncc(Oc2ccc(C(C)(C)c3ccc(OC[C@@H]4CCN4C(=O)OC(C)(C)C)cc3)cc2)cn1. The molecule has 0 saturated carbocycles. The first-order valence-electron chi connectivity index (χ1n) is 12.8. The molecule has 0 bridgehead atoms. The molecule has 0 unspecified atom stereocenters. The fourth-order valence-electron chi connectivity index (χ4n) is 4.13. The number of rotatable bonds is 8. The van der Waals surface area contributed by atoms with E-state index in [2.05, 4.69) is 35.9 Å². The van der Waals surface area contributed by atoms with Gasteiger partial charge in [-0.2, -0.15) is 0 Å². The van der Waals surface area contributed by atoms with Gasteiger partial charge in [0, 0.05) is 18.9 Å². The van der Waals surface area contributed by atoms with E-state index in [1.165, 1.54) is 19.3 Å². The Labute approximate surface area is 224 Å². The van der Waals surface area contributed by atoms with Gasteiger partial charge in [0.15, 0.2) is 17.4 Å². The molecule has 1 saturated heterocycles. The van der Waals surface area contributed by atoms with Crippen molar-refractivity contribution in [2.24, 2.45) is 0 Å². The van der Waals surface area contributed by atoms with Gasteiger partial charge in [-0.05, 0) is 62.6 Å². The van der Waals surface area contributed by atoms with Gasteiger partial charge in [0.05, 0.1) is 18.4 Å². The molecule has 1 aliphatic heterocycles. The number of Topliss-reactive ketones (excluding diaryl/α,β-unsaturated/α-hetero) is 1. The van der Waals surface area contributed by atoms with Crippen molar-refractivity contribution in [2.45, 2.75) is 65.0 Å². The molecule has 1 amide bonds. The van der Waals surface area contributed by atoms with E-state index in [4.69, 9.17) is 14.2 Å². The smallest absolute Gasteiger partial charge is 0.410 e. The number of nitrogens with zero attached hydrogens (tertiary/aromatic N) is 3. The molecule has 2 heterocycles. The third-order valence-corrected chi connectivity index (χ3v) is 6.55. The summed E-state index contributed by atoms with van der Waals surface area (Å²) in [5.74, 6) is 1.86. The van der Waals surface area contributed by atoms with Crippen LogP contribution < -0.4 is 9.47 Å². The lowest BCUT2D eigenvalue weighted by atomic mass is 9.78. The third-order valence-electron chi connectivity index (χ3n) is 6.55. The number of benzene rings is 2. The second-order valence-corrected chi connectivity index (χ2v) is 11.0. The van der Waals surface area contributed by atoms with E-state index in [0.717, 1.165) is 23.3 Å². The Hall–Kier alpha value is -3.94. The van der Waals surface area contributed by atoms with Crippen LogP contribution in [0.5, 0.6) is 17.2 Å². The first-order chi connectivity index (χ1) is 17.9. The van der Waals surface area contributed by atoms with Crippen LogP contribution in [0.15, 0.2) is 60.9 Å². The van der Waals surface area contributed by atoms with E-state index in [0.29, 0.717) is 24.7 Å².